The third-order valence-electron chi connectivity index (χ3n) is 2.56. The van der Waals surface area contributed by atoms with Gasteiger partial charge in [-0.2, -0.15) is 0 Å². The highest BCUT2D eigenvalue weighted by Crippen LogP contribution is 2.41. The van der Waals surface area contributed by atoms with E-state index in [4.69, 9.17) is 28.9 Å². The molecule has 2 rings (SSSR count). The van der Waals surface area contributed by atoms with Crippen molar-refractivity contribution < 1.29 is 5.11 Å². The Morgan fingerprint density at radius 2 is 2.14 bits per heavy atom. The van der Waals surface area contributed by atoms with Gasteiger partial charge in [-0.05, 0) is 18.9 Å². The second kappa shape index (κ2) is 3.35. The Bertz CT molecular complexity index is 364. The molecule has 1 heterocycles. The highest BCUT2D eigenvalue weighted by Gasteiger charge is 2.42. The Morgan fingerprint density at radius 1 is 1.50 bits per heavy atom. The van der Waals surface area contributed by atoms with Crippen LogP contribution in [-0.4, -0.2) is 16.2 Å². The van der Waals surface area contributed by atoms with Gasteiger partial charge in [-0.3, -0.25) is 0 Å². The molecule has 1 aromatic rings. The largest absolute Gasteiger partial charge is 0.393 e. The van der Waals surface area contributed by atoms with Crippen molar-refractivity contribution in [2.24, 2.45) is 5.73 Å². The molecule has 0 spiro atoms. The lowest BCUT2D eigenvalue weighted by Gasteiger charge is -2.42. The van der Waals surface area contributed by atoms with Crippen molar-refractivity contribution in [1.82, 2.24) is 4.98 Å². The van der Waals surface area contributed by atoms with E-state index >= 15 is 0 Å². The van der Waals surface area contributed by atoms with E-state index in [-0.39, 0.29) is 6.10 Å². The lowest BCUT2D eigenvalue weighted by molar-refractivity contribution is 0.0208. The van der Waals surface area contributed by atoms with Crippen LogP contribution >= 0.6 is 23.2 Å². The van der Waals surface area contributed by atoms with Crippen molar-refractivity contribution in [2.75, 3.05) is 0 Å². The molecule has 0 bridgehead atoms. The topological polar surface area (TPSA) is 59.1 Å². The Hall–Kier alpha value is -0.350. The van der Waals surface area contributed by atoms with Gasteiger partial charge in [0.1, 0.15) is 5.15 Å². The van der Waals surface area contributed by atoms with E-state index < -0.39 is 5.54 Å². The zero-order valence-corrected chi connectivity index (χ0v) is 8.89. The number of hydrogen-bond acceptors (Lipinski definition) is 3. The molecule has 0 amide bonds. The first-order chi connectivity index (χ1) is 6.51. The molecular formula is C9H10Cl2N2O. The van der Waals surface area contributed by atoms with E-state index in [0.717, 1.165) is 5.56 Å². The van der Waals surface area contributed by atoms with Crippen molar-refractivity contribution in [3.63, 3.8) is 0 Å². The molecule has 0 radical (unpaired) electrons. The molecule has 0 atom stereocenters. The Kier molecular flexibility index (Phi) is 2.43. The number of aliphatic hydroxyl groups excluding tert-OH is 1. The highest BCUT2D eigenvalue weighted by atomic mass is 35.5. The van der Waals surface area contributed by atoms with Gasteiger partial charge < -0.3 is 10.8 Å². The van der Waals surface area contributed by atoms with Crippen LogP contribution in [0.5, 0.6) is 0 Å². The summed E-state index contributed by atoms with van der Waals surface area (Å²) < 4.78 is 0. The summed E-state index contributed by atoms with van der Waals surface area (Å²) in [5.41, 5.74) is 6.26. The van der Waals surface area contributed by atoms with Gasteiger partial charge >= 0.3 is 0 Å². The maximum absolute atomic E-state index is 9.22. The molecule has 1 aliphatic rings. The summed E-state index contributed by atoms with van der Waals surface area (Å²) in [6, 6.07) is 1.57. The molecule has 0 aliphatic heterocycles. The molecule has 1 saturated carbocycles. The summed E-state index contributed by atoms with van der Waals surface area (Å²) in [6.07, 6.45) is 2.30. The lowest BCUT2D eigenvalue weighted by atomic mass is 9.71. The zero-order chi connectivity index (χ0) is 10.3. The van der Waals surface area contributed by atoms with E-state index in [1.165, 1.54) is 0 Å². The Morgan fingerprint density at radius 3 is 2.64 bits per heavy atom. The average Bonchev–Trinajstić information content (AvgIpc) is 2.00. The molecule has 1 aromatic heterocycles. The lowest BCUT2D eigenvalue weighted by Crippen LogP contribution is -2.51. The van der Waals surface area contributed by atoms with Gasteiger partial charge in [0, 0.05) is 17.3 Å². The number of nitrogens with zero attached hydrogens (tertiary/aromatic N) is 1. The van der Waals surface area contributed by atoms with E-state index in [1.54, 1.807) is 12.3 Å². The average molecular weight is 233 g/mol. The highest BCUT2D eigenvalue weighted by molar-refractivity contribution is 6.34. The first-order valence-corrected chi connectivity index (χ1v) is 5.05. The SMILES string of the molecule is NC1(c2cnc(Cl)cc2Cl)CC(O)C1. The minimum atomic E-state index is -0.534. The van der Waals surface area contributed by atoms with Gasteiger partial charge in [0.25, 0.3) is 0 Å². The number of pyridine rings is 1. The fourth-order valence-corrected chi connectivity index (χ4v) is 2.33. The van der Waals surface area contributed by atoms with E-state index in [1.807, 2.05) is 0 Å². The number of nitrogens with two attached hydrogens (primary N) is 1. The summed E-state index contributed by atoms with van der Waals surface area (Å²) in [7, 11) is 0. The second-order valence-electron chi connectivity index (χ2n) is 3.71. The van der Waals surface area contributed by atoms with Gasteiger partial charge in [0.15, 0.2) is 0 Å². The maximum atomic E-state index is 9.22. The third-order valence-corrected chi connectivity index (χ3v) is 3.08. The first-order valence-electron chi connectivity index (χ1n) is 4.30. The fraction of sp³-hybridized carbons (Fsp3) is 0.444. The van der Waals surface area contributed by atoms with Gasteiger partial charge in [-0.1, -0.05) is 23.2 Å². The van der Waals surface area contributed by atoms with Crippen LogP contribution in [0.2, 0.25) is 10.2 Å². The summed E-state index contributed by atoms with van der Waals surface area (Å²) in [5, 5.41) is 10.1. The number of aliphatic hydroxyl groups is 1. The van der Waals surface area contributed by atoms with E-state index in [2.05, 4.69) is 4.98 Å². The molecule has 5 heteroatoms. The summed E-state index contributed by atoms with van der Waals surface area (Å²) >= 11 is 11.7. The van der Waals surface area contributed by atoms with Crippen LogP contribution < -0.4 is 5.73 Å². The van der Waals surface area contributed by atoms with Crippen LogP contribution in [0.25, 0.3) is 0 Å². The minimum absolute atomic E-state index is 0.327. The minimum Gasteiger partial charge on any atom is -0.393 e. The van der Waals surface area contributed by atoms with Crippen molar-refractivity contribution in [2.45, 2.75) is 24.5 Å². The summed E-state index contributed by atoms with van der Waals surface area (Å²) in [6.45, 7) is 0. The van der Waals surface area contributed by atoms with Crippen LogP contribution in [0, 0.1) is 0 Å². The van der Waals surface area contributed by atoms with Crippen molar-refractivity contribution in [3.8, 4) is 0 Å². The molecule has 0 unspecified atom stereocenters. The Balaban J connectivity index is 2.33. The predicted molar refractivity (Wildman–Crippen MR) is 55.4 cm³/mol. The van der Waals surface area contributed by atoms with Gasteiger partial charge in [0.05, 0.1) is 11.1 Å². The van der Waals surface area contributed by atoms with Gasteiger partial charge in [0.2, 0.25) is 0 Å². The second-order valence-corrected chi connectivity index (χ2v) is 4.50. The number of rotatable bonds is 1. The molecule has 3 N–H and O–H groups in total. The number of halogens is 2. The van der Waals surface area contributed by atoms with E-state index in [0.29, 0.717) is 23.0 Å². The van der Waals surface area contributed by atoms with Crippen molar-refractivity contribution in [3.05, 3.63) is 28.0 Å². The van der Waals surface area contributed by atoms with Crippen LogP contribution in [0.15, 0.2) is 12.3 Å². The van der Waals surface area contributed by atoms with Gasteiger partial charge in [-0.15, -0.1) is 0 Å². The van der Waals surface area contributed by atoms with Crippen LogP contribution in [0.1, 0.15) is 18.4 Å². The molecule has 76 valence electrons. The van der Waals surface area contributed by atoms with Crippen LogP contribution in [0.3, 0.4) is 0 Å². The zero-order valence-electron chi connectivity index (χ0n) is 7.37. The van der Waals surface area contributed by atoms with Gasteiger partial charge in [-0.25, -0.2) is 4.98 Å². The molecule has 0 aromatic carbocycles. The molecule has 1 aliphatic carbocycles. The number of aromatic nitrogens is 1. The summed E-state index contributed by atoms with van der Waals surface area (Å²) in [5.74, 6) is 0. The molecule has 3 nitrogen and oxygen atoms in total. The first kappa shape index (κ1) is 10.2. The normalized spacial score (nSPS) is 31.3. The van der Waals surface area contributed by atoms with E-state index in [9.17, 15) is 5.11 Å². The standard InChI is InChI=1S/C9H10Cl2N2O/c10-7-1-8(11)13-4-6(7)9(12)2-5(14)3-9/h1,4-5,14H,2-3,12H2. The third kappa shape index (κ3) is 1.61. The molecule has 14 heavy (non-hydrogen) atoms. The molecule has 1 fully saturated rings. The Labute approximate surface area is 91.8 Å². The van der Waals surface area contributed by atoms with Crippen molar-refractivity contribution in [1.29, 1.82) is 0 Å². The smallest absolute Gasteiger partial charge is 0.130 e. The predicted octanol–water partition coefficient (Wildman–Crippen LogP) is 1.70. The van der Waals surface area contributed by atoms with Crippen molar-refractivity contribution >= 4 is 23.2 Å². The van der Waals surface area contributed by atoms with Crippen LogP contribution in [0.4, 0.5) is 0 Å². The number of hydrogen-bond donors (Lipinski definition) is 2. The molecular weight excluding hydrogens is 223 g/mol. The quantitative estimate of drug-likeness (QED) is 0.725. The molecule has 0 saturated heterocycles. The monoisotopic (exact) mass is 232 g/mol. The van der Waals surface area contributed by atoms with Crippen LogP contribution in [-0.2, 0) is 5.54 Å². The fourth-order valence-electron chi connectivity index (χ4n) is 1.77. The summed E-state index contributed by atoms with van der Waals surface area (Å²) in [4.78, 5) is 3.93. The maximum Gasteiger partial charge on any atom is 0.130 e.